The molecule has 3 heteroatoms. The van der Waals surface area contributed by atoms with Crippen molar-refractivity contribution in [3.8, 4) is 0 Å². The van der Waals surface area contributed by atoms with Crippen molar-refractivity contribution in [2.45, 2.75) is 32.4 Å². The molecule has 0 bridgehead atoms. The minimum absolute atomic E-state index is 0.574. The molecule has 0 aromatic heterocycles. The van der Waals surface area contributed by atoms with E-state index in [0.29, 0.717) is 18.0 Å². The number of ether oxygens (including phenoxy) is 1. The Labute approximate surface area is 87.8 Å². The normalized spacial score (nSPS) is 24.9. The van der Waals surface area contributed by atoms with Gasteiger partial charge in [-0.15, -0.1) is 0 Å². The lowest BCUT2D eigenvalue weighted by Gasteiger charge is -2.29. The van der Waals surface area contributed by atoms with Crippen LogP contribution in [0.25, 0.3) is 0 Å². The molecule has 0 spiro atoms. The summed E-state index contributed by atoms with van der Waals surface area (Å²) in [5.41, 5.74) is 0. The molecule has 84 valence electrons. The van der Waals surface area contributed by atoms with Gasteiger partial charge in [-0.25, -0.2) is 0 Å². The van der Waals surface area contributed by atoms with Gasteiger partial charge in [0.2, 0.25) is 0 Å². The molecule has 0 amide bonds. The zero-order valence-electron chi connectivity index (χ0n) is 9.92. The Morgan fingerprint density at radius 3 is 2.64 bits per heavy atom. The summed E-state index contributed by atoms with van der Waals surface area (Å²) in [7, 11) is 4.24. The predicted octanol–water partition coefficient (Wildman–Crippen LogP) is 0.951. The van der Waals surface area contributed by atoms with Gasteiger partial charge in [0.15, 0.2) is 0 Å². The van der Waals surface area contributed by atoms with Gasteiger partial charge in [0.1, 0.15) is 0 Å². The van der Waals surface area contributed by atoms with Gasteiger partial charge in [0, 0.05) is 31.2 Å². The van der Waals surface area contributed by atoms with E-state index < -0.39 is 0 Å². The van der Waals surface area contributed by atoms with E-state index in [9.17, 15) is 0 Å². The van der Waals surface area contributed by atoms with Crippen molar-refractivity contribution in [1.82, 2.24) is 10.2 Å². The van der Waals surface area contributed by atoms with Crippen LogP contribution >= 0.6 is 0 Å². The molecule has 1 rings (SSSR count). The maximum Gasteiger partial charge on any atom is 0.0510 e. The van der Waals surface area contributed by atoms with Crippen molar-refractivity contribution in [1.29, 1.82) is 0 Å². The van der Waals surface area contributed by atoms with Crippen LogP contribution in [0.2, 0.25) is 0 Å². The third-order valence-electron chi connectivity index (χ3n) is 3.27. The number of nitrogens with one attached hydrogen (secondary N) is 1. The molecular weight excluding hydrogens is 176 g/mol. The summed E-state index contributed by atoms with van der Waals surface area (Å²) in [5.74, 6) is 0.696. The van der Waals surface area contributed by atoms with E-state index in [1.54, 1.807) is 0 Å². The molecular formula is C11H24N2O. The first kappa shape index (κ1) is 12.0. The average molecular weight is 200 g/mol. The third kappa shape index (κ3) is 3.23. The molecule has 3 nitrogen and oxygen atoms in total. The maximum atomic E-state index is 5.42. The summed E-state index contributed by atoms with van der Waals surface area (Å²) in [4.78, 5) is 2.39. The zero-order valence-corrected chi connectivity index (χ0v) is 9.92. The first-order chi connectivity index (χ1) is 6.65. The Morgan fingerprint density at radius 2 is 2.21 bits per heavy atom. The van der Waals surface area contributed by atoms with Gasteiger partial charge in [-0.1, -0.05) is 0 Å². The van der Waals surface area contributed by atoms with Gasteiger partial charge in [0.05, 0.1) is 6.61 Å². The van der Waals surface area contributed by atoms with Crippen LogP contribution in [-0.2, 0) is 4.74 Å². The first-order valence-electron chi connectivity index (χ1n) is 5.60. The number of hydrogen-bond donors (Lipinski definition) is 1. The molecule has 0 radical (unpaired) electrons. The molecule has 1 heterocycles. The van der Waals surface area contributed by atoms with Gasteiger partial charge in [-0.3, -0.25) is 0 Å². The predicted molar refractivity (Wildman–Crippen MR) is 59.5 cm³/mol. The molecule has 0 aromatic carbocycles. The summed E-state index contributed by atoms with van der Waals surface area (Å²) in [6, 6.07) is 1.19. The standard InChI is InChI=1S/C11H24N2O/c1-9(2)13(4)7-11(12-3)10-5-6-14-8-10/h9-12H,5-8H2,1-4H3. The molecule has 1 fully saturated rings. The van der Waals surface area contributed by atoms with Crippen LogP contribution in [0.4, 0.5) is 0 Å². The van der Waals surface area contributed by atoms with Crippen LogP contribution in [0.5, 0.6) is 0 Å². The lowest BCUT2D eigenvalue weighted by atomic mass is 9.98. The van der Waals surface area contributed by atoms with Crippen molar-refractivity contribution in [2.75, 3.05) is 33.9 Å². The summed E-state index contributed by atoms with van der Waals surface area (Å²) >= 11 is 0. The molecule has 14 heavy (non-hydrogen) atoms. The van der Waals surface area contributed by atoms with Crippen molar-refractivity contribution >= 4 is 0 Å². The SMILES string of the molecule is CNC(CN(C)C(C)C)C1CCOC1. The molecule has 2 atom stereocenters. The molecule has 1 saturated heterocycles. The van der Waals surface area contributed by atoms with E-state index in [1.165, 1.54) is 6.42 Å². The van der Waals surface area contributed by atoms with E-state index in [2.05, 4.69) is 38.2 Å². The van der Waals surface area contributed by atoms with Crippen molar-refractivity contribution < 1.29 is 4.74 Å². The van der Waals surface area contributed by atoms with Crippen LogP contribution < -0.4 is 5.32 Å². The number of nitrogens with zero attached hydrogens (tertiary/aromatic N) is 1. The van der Waals surface area contributed by atoms with Gasteiger partial charge in [-0.2, -0.15) is 0 Å². The highest BCUT2D eigenvalue weighted by Gasteiger charge is 2.25. The monoisotopic (exact) mass is 200 g/mol. The summed E-state index contributed by atoms with van der Waals surface area (Å²) in [5, 5.41) is 3.41. The van der Waals surface area contributed by atoms with E-state index in [1.807, 2.05) is 0 Å². The van der Waals surface area contributed by atoms with Gasteiger partial charge in [0.25, 0.3) is 0 Å². The highest BCUT2D eigenvalue weighted by Crippen LogP contribution is 2.17. The largest absolute Gasteiger partial charge is 0.381 e. The first-order valence-corrected chi connectivity index (χ1v) is 5.60. The van der Waals surface area contributed by atoms with E-state index >= 15 is 0 Å². The summed E-state index contributed by atoms with van der Waals surface area (Å²) < 4.78 is 5.42. The molecule has 1 aliphatic heterocycles. The van der Waals surface area contributed by atoms with Crippen LogP contribution in [0.1, 0.15) is 20.3 Å². The Kier molecular flexibility index (Phi) is 4.85. The fraction of sp³-hybridized carbons (Fsp3) is 1.00. The number of hydrogen-bond acceptors (Lipinski definition) is 3. The quantitative estimate of drug-likeness (QED) is 0.715. The Hall–Kier alpha value is -0.120. The Bertz CT molecular complexity index is 155. The second-order valence-corrected chi connectivity index (χ2v) is 4.55. The minimum atomic E-state index is 0.574. The summed E-state index contributed by atoms with van der Waals surface area (Å²) in [6.45, 7) is 7.45. The van der Waals surface area contributed by atoms with Crippen molar-refractivity contribution in [3.05, 3.63) is 0 Å². The fourth-order valence-corrected chi connectivity index (χ4v) is 1.87. The topological polar surface area (TPSA) is 24.5 Å². The van der Waals surface area contributed by atoms with E-state index in [0.717, 1.165) is 19.8 Å². The third-order valence-corrected chi connectivity index (χ3v) is 3.27. The Balaban J connectivity index is 2.37. The minimum Gasteiger partial charge on any atom is -0.381 e. The molecule has 0 aromatic rings. The number of likely N-dealkylation sites (N-methyl/N-ethyl adjacent to an activating group) is 2. The van der Waals surface area contributed by atoms with E-state index in [4.69, 9.17) is 4.74 Å². The lowest BCUT2D eigenvalue weighted by molar-refractivity contribution is 0.162. The summed E-state index contributed by atoms with van der Waals surface area (Å²) in [6.07, 6.45) is 1.21. The molecule has 2 unspecified atom stereocenters. The second kappa shape index (κ2) is 5.69. The van der Waals surface area contributed by atoms with Crippen LogP contribution in [0, 0.1) is 5.92 Å². The molecule has 0 aliphatic carbocycles. The van der Waals surface area contributed by atoms with Crippen LogP contribution in [-0.4, -0.2) is 50.8 Å². The van der Waals surface area contributed by atoms with E-state index in [-0.39, 0.29) is 0 Å². The van der Waals surface area contributed by atoms with Gasteiger partial charge >= 0.3 is 0 Å². The Morgan fingerprint density at radius 1 is 1.50 bits per heavy atom. The number of rotatable bonds is 5. The van der Waals surface area contributed by atoms with Crippen LogP contribution in [0.3, 0.4) is 0 Å². The zero-order chi connectivity index (χ0) is 10.6. The highest BCUT2D eigenvalue weighted by atomic mass is 16.5. The average Bonchev–Trinajstić information content (AvgIpc) is 2.66. The maximum absolute atomic E-state index is 5.42. The highest BCUT2D eigenvalue weighted by molar-refractivity contribution is 4.81. The molecule has 0 saturated carbocycles. The second-order valence-electron chi connectivity index (χ2n) is 4.55. The molecule has 1 N–H and O–H groups in total. The fourth-order valence-electron chi connectivity index (χ4n) is 1.87. The van der Waals surface area contributed by atoms with Gasteiger partial charge in [-0.05, 0) is 34.4 Å². The molecule has 1 aliphatic rings. The van der Waals surface area contributed by atoms with Crippen LogP contribution in [0.15, 0.2) is 0 Å². The smallest absolute Gasteiger partial charge is 0.0510 e. The van der Waals surface area contributed by atoms with Gasteiger partial charge < -0.3 is 15.0 Å². The lowest BCUT2D eigenvalue weighted by Crippen LogP contribution is -2.45. The van der Waals surface area contributed by atoms with Crippen molar-refractivity contribution in [2.24, 2.45) is 5.92 Å². The van der Waals surface area contributed by atoms with Crippen molar-refractivity contribution in [3.63, 3.8) is 0 Å².